The monoisotopic (exact) mass is 510 g/mol. The van der Waals surface area contributed by atoms with E-state index in [-0.39, 0.29) is 12.0 Å². The Kier molecular flexibility index (Phi) is 12.0. The highest BCUT2D eigenvalue weighted by Gasteiger charge is 2.39. The molecular formula is C22H27ClF4N2O5. The van der Waals surface area contributed by atoms with Crippen molar-refractivity contribution in [3.8, 4) is 0 Å². The number of hydrogen-bond donors (Lipinski definition) is 2. The maximum absolute atomic E-state index is 12.5. The van der Waals surface area contributed by atoms with Crippen LogP contribution in [-0.2, 0) is 19.2 Å². The smallest absolute Gasteiger partial charge is 0.395 e. The van der Waals surface area contributed by atoms with Crippen molar-refractivity contribution >= 4 is 35.7 Å². The van der Waals surface area contributed by atoms with Gasteiger partial charge in [-0.1, -0.05) is 30.7 Å². The summed E-state index contributed by atoms with van der Waals surface area (Å²) in [6.07, 6.45) is -2.32. The first-order chi connectivity index (χ1) is 15.9. The van der Waals surface area contributed by atoms with Gasteiger partial charge in [-0.05, 0) is 43.4 Å². The predicted molar refractivity (Wildman–Crippen MR) is 116 cm³/mol. The Bertz CT molecular complexity index is 853. The van der Waals surface area contributed by atoms with Crippen LogP contribution in [0.5, 0.6) is 0 Å². The predicted octanol–water partition coefficient (Wildman–Crippen LogP) is 3.89. The Morgan fingerprint density at radius 2 is 1.97 bits per heavy atom. The summed E-state index contributed by atoms with van der Waals surface area (Å²) in [5, 5.41) is 11.2. The number of amides is 2. The van der Waals surface area contributed by atoms with Gasteiger partial charge >= 0.3 is 12.1 Å². The molecule has 1 aromatic rings. The number of aliphatic carboxylic acids is 1. The number of benzene rings is 1. The number of hydrogen-bond acceptors (Lipinski definition) is 4. The molecule has 1 fully saturated rings. The summed E-state index contributed by atoms with van der Waals surface area (Å²) in [5.74, 6) is -4.34. The van der Waals surface area contributed by atoms with Gasteiger partial charge < -0.3 is 15.3 Å². The number of Topliss-reactive ketones (excluding diaryl/α,β-unsaturated/α-hetero) is 1. The van der Waals surface area contributed by atoms with Crippen LogP contribution in [0.15, 0.2) is 24.3 Å². The van der Waals surface area contributed by atoms with Crippen LogP contribution in [0.2, 0.25) is 5.02 Å². The molecule has 1 aliphatic heterocycles. The highest BCUT2D eigenvalue weighted by atomic mass is 35.5. The second-order valence-electron chi connectivity index (χ2n) is 7.67. The van der Waals surface area contributed by atoms with Gasteiger partial charge in [-0.25, -0.2) is 4.39 Å². The number of piperidine rings is 1. The van der Waals surface area contributed by atoms with Gasteiger partial charge in [0.15, 0.2) is 5.78 Å². The van der Waals surface area contributed by atoms with E-state index < -0.39 is 54.9 Å². The molecule has 190 valence electrons. The molecule has 1 heterocycles. The number of carboxylic acids is 1. The van der Waals surface area contributed by atoms with Crippen LogP contribution in [0.3, 0.4) is 0 Å². The highest BCUT2D eigenvalue weighted by Crippen LogP contribution is 2.37. The standard InChI is InChI=1S/C12H17FN2O5.C10H10ClF3/c13-6-10(17)8(5-11(18)19)14-12(20)9-3-1-2-4-15(9)7-16;1-2-9(10(12,13)14)7-4-3-5-8(11)6-7/h7-9H,1-6H2,(H,14,20)(H,18,19);3-6,9H,2H2,1H3/t8?,9-;/m0./s1. The first-order valence-corrected chi connectivity index (χ1v) is 11.0. The zero-order valence-electron chi connectivity index (χ0n) is 18.5. The van der Waals surface area contributed by atoms with E-state index in [1.165, 1.54) is 30.0 Å². The van der Waals surface area contributed by atoms with Gasteiger partial charge in [-0.3, -0.25) is 19.2 Å². The molecule has 1 aliphatic rings. The molecule has 2 rings (SSSR count). The van der Waals surface area contributed by atoms with Gasteiger partial charge in [-0.2, -0.15) is 13.2 Å². The molecule has 2 N–H and O–H groups in total. The highest BCUT2D eigenvalue weighted by molar-refractivity contribution is 6.30. The van der Waals surface area contributed by atoms with Crippen molar-refractivity contribution in [3.63, 3.8) is 0 Å². The number of ketones is 1. The molecule has 0 aromatic heterocycles. The van der Waals surface area contributed by atoms with Crippen LogP contribution < -0.4 is 5.32 Å². The molecular weight excluding hydrogens is 484 g/mol. The summed E-state index contributed by atoms with van der Waals surface area (Å²) in [6.45, 7) is 0.599. The maximum atomic E-state index is 12.5. The number of alkyl halides is 4. The van der Waals surface area contributed by atoms with E-state index >= 15 is 0 Å². The van der Waals surface area contributed by atoms with Crippen molar-refractivity contribution in [2.75, 3.05) is 13.2 Å². The minimum atomic E-state index is -4.20. The summed E-state index contributed by atoms with van der Waals surface area (Å²) >= 11 is 5.63. The van der Waals surface area contributed by atoms with Gasteiger partial charge in [-0.15, -0.1) is 0 Å². The minimum Gasteiger partial charge on any atom is -0.481 e. The van der Waals surface area contributed by atoms with Crippen LogP contribution in [0.1, 0.15) is 50.5 Å². The molecule has 0 aliphatic carbocycles. The first-order valence-electron chi connectivity index (χ1n) is 10.6. The van der Waals surface area contributed by atoms with Crippen LogP contribution in [0.25, 0.3) is 0 Å². The van der Waals surface area contributed by atoms with Crippen molar-refractivity contribution < 1.29 is 41.8 Å². The molecule has 3 atom stereocenters. The van der Waals surface area contributed by atoms with E-state index in [0.29, 0.717) is 24.4 Å². The Hall–Kier alpha value is -2.69. The number of carboxylic acid groups (broad SMARTS) is 1. The lowest BCUT2D eigenvalue weighted by atomic mass is 9.96. The third-order valence-corrected chi connectivity index (χ3v) is 5.49. The fourth-order valence-corrected chi connectivity index (χ4v) is 3.72. The number of halogens is 5. The van der Waals surface area contributed by atoms with Crippen molar-refractivity contribution in [1.29, 1.82) is 0 Å². The van der Waals surface area contributed by atoms with Crippen molar-refractivity contribution in [1.82, 2.24) is 10.2 Å². The number of nitrogens with one attached hydrogen (secondary N) is 1. The molecule has 0 spiro atoms. The van der Waals surface area contributed by atoms with E-state index in [0.717, 1.165) is 12.8 Å². The van der Waals surface area contributed by atoms with Crippen LogP contribution in [-0.4, -0.2) is 65.6 Å². The van der Waals surface area contributed by atoms with Crippen molar-refractivity contribution in [3.05, 3.63) is 34.9 Å². The summed E-state index contributed by atoms with van der Waals surface area (Å²) in [6, 6.07) is 3.78. The van der Waals surface area contributed by atoms with Gasteiger partial charge in [0.2, 0.25) is 12.3 Å². The number of carbonyl (C=O) groups is 4. The summed E-state index contributed by atoms with van der Waals surface area (Å²) < 4.78 is 49.8. The lowest BCUT2D eigenvalue weighted by Gasteiger charge is -2.32. The number of likely N-dealkylation sites (tertiary alicyclic amines) is 1. The number of rotatable bonds is 9. The quantitative estimate of drug-likeness (QED) is 0.387. The normalized spacial score (nSPS) is 17.6. The first kappa shape index (κ1) is 29.3. The number of carbonyl (C=O) groups excluding carboxylic acids is 3. The molecule has 7 nitrogen and oxygen atoms in total. The van der Waals surface area contributed by atoms with Gasteiger partial charge in [0.05, 0.1) is 12.3 Å². The molecule has 0 saturated carbocycles. The second kappa shape index (κ2) is 13.9. The minimum absolute atomic E-state index is 0.0316. The average molecular weight is 511 g/mol. The van der Waals surface area contributed by atoms with E-state index in [4.69, 9.17) is 16.7 Å². The lowest BCUT2D eigenvalue weighted by molar-refractivity contribution is -0.151. The Morgan fingerprint density at radius 1 is 1.29 bits per heavy atom. The largest absolute Gasteiger partial charge is 0.481 e. The zero-order valence-corrected chi connectivity index (χ0v) is 19.2. The van der Waals surface area contributed by atoms with E-state index in [1.807, 2.05) is 0 Å². The van der Waals surface area contributed by atoms with Gasteiger partial charge in [0, 0.05) is 11.6 Å². The molecule has 2 amide bonds. The van der Waals surface area contributed by atoms with Gasteiger partial charge in [0.25, 0.3) is 0 Å². The Morgan fingerprint density at radius 3 is 2.47 bits per heavy atom. The van der Waals surface area contributed by atoms with Crippen LogP contribution in [0.4, 0.5) is 17.6 Å². The average Bonchev–Trinajstić information content (AvgIpc) is 2.77. The van der Waals surface area contributed by atoms with Crippen molar-refractivity contribution in [2.45, 2.75) is 63.2 Å². The molecule has 0 bridgehead atoms. The van der Waals surface area contributed by atoms with E-state index in [1.54, 1.807) is 6.07 Å². The number of nitrogens with zero attached hydrogens (tertiary/aromatic N) is 1. The van der Waals surface area contributed by atoms with Crippen molar-refractivity contribution in [2.24, 2.45) is 0 Å². The molecule has 34 heavy (non-hydrogen) atoms. The third kappa shape index (κ3) is 9.28. The Labute approximate surface area is 199 Å². The summed E-state index contributed by atoms with van der Waals surface area (Å²) in [5.41, 5.74) is 0.229. The molecule has 12 heteroatoms. The Balaban J connectivity index is 0.000000362. The maximum Gasteiger partial charge on any atom is 0.395 e. The topological polar surface area (TPSA) is 104 Å². The molecule has 1 aromatic carbocycles. The fourth-order valence-electron chi connectivity index (χ4n) is 3.52. The lowest BCUT2D eigenvalue weighted by Crippen LogP contribution is -2.53. The van der Waals surface area contributed by atoms with E-state index in [9.17, 15) is 36.7 Å². The molecule has 0 radical (unpaired) electrons. The summed E-state index contributed by atoms with van der Waals surface area (Å²) in [7, 11) is 0. The van der Waals surface area contributed by atoms with E-state index in [2.05, 4.69) is 5.32 Å². The second-order valence-corrected chi connectivity index (χ2v) is 8.11. The third-order valence-electron chi connectivity index (χ3n) is 5.25. The van der Waals surface area contributed by atoms with Gasteiger partial charge in [0.1, 0.15) is 18.8 Å². The molecule has 1 saturated heterocycles. The SMILES string of the molecule is CCC(c1cccc(Cl)c1)C(F)(F)F.O=CN1CCCC[C@H]1C(=O)NC(CC(=O)O)C(=O)CF. The van der Waals surface area contributed by atoms with Crippen LogP contribution >= 0.6 is 11.6 Å². The zero-order chi connectivity index (χ0) is 25.9. The van der Waals surface area contributed by atoms with Crippen LogP contribution in [0, 0.1) is 0 Å². The summed E-state index contributed by atoms with van der Waals surface area (Å²) in [4.78, 5) is 46.1. The molecule has 2 unspecified atom stereocenters. The fraction of sp³-hybridized carbons (Fsp3) is 0.545.